The summed E-state index contributed by atoms with van der Waals surface area (Å²) in [6, 6.07) is 8.40. The maximum absolute atomic E-state index is 15.3. The van der Waals surface area contributed by atoms with Gasteiger partial charge in [-0.1, -0.05) is 12.1 Å². The van der Waals surface area contributed by atoms with Crippen LogP contribution < -0.4 is 10.2 Å². The van der Waals surface area contributed by atoms with E-state index in [0.717, 1.165) is 51.4 Å². The molecule has 0 atom stereocenters. The smallest absolute Gasteiger partial charge is 0.317 e. The van der Waals surface area contributed by atoms with Crippen LogP contribution in [0.3, 0.4) is 0 Å². The predicted octanol–water partition coefficient (Wildman–Crippen LogP) is 3.73. The Hall–Kier alpha value is -1.93. The number of hydrogen-bond acceptors (Lipinski definition) is 5. The topological polar surface area (TPSA) is 51.7 Å². The van der Waals surface area contributed by atoms with Gasteiger partial charge in [-0.2, -0.15) is 4.37 Å². The molecule has 1 aliphatic carbocycles. The number of piperazine rings is 1. The van der Waals surface area contributed by atoms with Crippen molar-refractivity contribution in [1.82, 2.24) is 19.5 Å². The summed E-state index contributed by atoms with van der Waals surface area (Å²) < 4.78 is 21.2. The Morgan fingerprint density at radius 2 is 1.93 bits per heavy atom. The Morgan fingerprint density at radius 1 is 1.23 bits per heavy atom. The van der Waals surface area contributed by atoms with E-state index in [4.69, 9.17) is 0 Å². The molecule has 0 unspecified atom stereocenters. The van der Waals surface area contributed by atoms with Crippen LogP contribution in [0.1, 0.15) is 32.1 Å². The van der Waals surface area contributed by atoms with E-state index in [9.17, 15) is 4.79 Å². The highest BCUT2D eigenvalue weighted by Crippen LogP contribution is 2.35. The number of carbonyl (C=O) groups excluding carboxylic acids is 1. The number of alkyl halides is 1. The van der Waals surface area contributed by atoms with Gasteiger partial charge in [0.2, 0.25) is 0 Å². The van der Waals surface area contributed by atoms with Gasteiger partial charge >= 0.3 is 6.03 Å². The Bertz CT molecular complexity index is 856. The number of halogens is 1. The highest BCUT2D eigenvalue weighted by Gasteiger charge is 2.36. The summed E-state index contributed by atoms with van der Waals surface area (Å²) in [6.07, 6.45) is 3.11. The molecule has 0 spiro atoms. The van der Waals surface area contributed by atoms with Crippen LogP contribution in [-0.4, -0.2) is 78.7 Å². The van der Waals surface area contributed by atoms with Gasteiger partial charge in [0.15, 0.2) is 0 Å². The lowest BCUT2D eigenvalue weighted by Crippen LogP contribution is -2.49. The van der Waals surface area contributed by atoms with Crippen molar-refractivity contribution < 1.29 is 9.18 Å². The first-order valence-electron chi connectivity index (χ1n) is 10.9. The molecule has 2 amide bonds. The number of anilines is 1. The number of fused-ring (bicyclic) bond motifs is 1. The molecule has 1 saturated carbocycles. The van der Waals surface area contributed by atoms with Crippen LogP contribution in [0.4, 0.5) is 15.0 Å². The summed E-state index contributed by atoms with van der Waals surface area (Å²) in [4.78, 5) is 18.1. The average Bonchev–Trinajstić information content (AvgIpc) is 3.19. The number of carbonyl (C=O) groups is 1. The van der Waals surface area contributed by atoms with Gasteiger partial charge in [0.1, 0.15) is 11.5 Å². The number of aromatic nitrogens is 1. The van der Waals surface area contributed by atoms with Gasteiger partial charge in [-0.25, -0.2) is 9.18 Å². The molecule has 1 N–H and O–H groups in total. The summed E-state index contributed by atoms with van der Waals surface area (Å²) in [6.45, 7) is 4.57. The predicted molar refractivity (Wildman–Crippen MR) is 121 cm³/mol. The van der Waals surface area contributed by atoms with Gasteiger partial charge in [0, 0.05) is 58.2 Å². The summed E-state index contributed by atoms with van der Waals surface area (Å²) in [5, 5.41) is 4.22. The summed E-state index contributed by atoms with van der Waals surface area (Å²) in [5.41, 5.74) is -1.10. The fourth-order valence-corrected chi connectivity index (χ4v) is 5.27. The quantitative estimate of drug-likeness (QED) is 0.781. The fourth-order valence-electron chi connectivity index (χ4n) is 4.48. The van der Waals surface area contributed by atoms with Gasteiger partial charge < -0.3 is 15.1 Å². The van der Waals surface area contributed by atoms with E-state index >= 15 is 4.39 Å². The van der Waals surface area contributed by atoms with E-state index in [0.29, 0.717) is 19.3 Å². The van der Waals surface area contributed by atoms with Crippen LogP contribution in [0.15, 0.2) is 24.3 Å². The van der Waals surface area contributed by atoms with Crippen molar-refractivity contribution in [1.29, 1.82) is 0 Å². The normalized spacial score (nSPS) is 25.4. The molecule has 8 heteroatoms. The summed E-state index contributed by atoms with van der Waals surface area (Å²) in [7, 11) is 3.46. The number of amides is 2. The van der Waals surface area contributed by atoms with Gasteiger partial charge in [-0.05, 0) is 55.8 Å². The lowest BCUT2D eigenvalue weighted by atomic mass is 9.81. The van der Waals surface area contributed by atoms with E-state index in [1.807, 2.05) is 0 Å². The third-order valence-corrected chi connectivity index (χ3v) is 7.34. The Labute approximate surface area is 182 Å². The van der Waals surface area contributed by atoms with Crippen molar-refractivity contribution in [3.05, 3.63) is 24.3 Å². The first kappa shape index (κ1) is 21.3. The molecular weight excluding hydrogens is 401 g/mol. The minimum atomic E-state index is -1.10. The van der Waals surface area contributed by atoms with Gasteiger partial charge in [-0.3, -0.25) is 4.90 Å². The van der Waals surface area contributed by atoms with Crippen LogP contribution >= 0.6 is 11.5 Å². The zero-order valence-corrected chi connectivity index (χ0v) is 18.8. The SMILES string of the molecule is CN(C)C(=O)NC1CCC(F)(CCN2CCN(c3nsc4ccccc34)CC2)CC1. The van der Waals surface area contributed by atoms with Crippen molar-refractivity contribution in [3.8, 4) is 0 Å². The molecule has 1 saturated heterocycles. The van der Waals surface area contributed by atoms with Gasteiger partial charge in [0.05, 0.1) is 4.70 Å². The first-order valence-corrected chi connectivity index (χ1v) is 11.7. The summed E-state index contributed by atoms with van der Waals surface area (Å²) in [5.74, 6) is 1.09. The minimum Gasteiger partial charge on any atom is -0.353 e. The third-order valence-electron chi connectivity index (χ3n) is 6.52. The lowest BCUT2D eigenvalue weighted by molar-refractivity contribution is 0.0681. The maximum atomic E-state index is 15.3. The number of hydrogen-bond donors (Lipinski definition) is 1. The zero-order chi connectivity index (χ0) is 21.1. The van der Waals surface area contributed by atoms with Gasteiger partial charge in [-0.15, -0.1) is 0 Å². The molecule has 2 fully saturated rings. The van der Waals surface area contributed by atoms with E-state index in [1.54, 1.807) is 25.6 Å². The molecule has 0 bridgehead atoms. The van der Waals surface area contributed by atoms with Crippen molar-refractivity contribution in [3.63, 3.8) is 0 Å². The second-order valence-corrected chi connectivity index (χ2v) is 9.66. The maximum Gasteiger partial charge on any atom is 0.317 e. The summed E-state index contributed by atoms with van der Waals surface area (Å²) >= 11 is 1.56. The van der Waals surface area contributed by atoms with Crippen LogP contribution in [0, 0.1) is 0 Å². The highest BCUT2D eigenvalue weighted by molar-refractivity contribution is 7.13. The zero-order valence-electron chi connectivity index (χ0n) is 17.9. The molecular formula is C22H32FN5OS. The molecule has 1 aromatic carbocycles. The van der Waals surface area contributed by atoms with Crippen LogP contribution in [0.5, 0.6) is 0 Å². The first-order chi connectivity index (χ1) is 14.4. The molecule has 2 aromatic rings. The fraction of sp³-hybridized carbons (Fsp3) is 0.636. The minimum absolute atomic E-state index is 0.0860. The van der Waals surface area contributed by atoms with E-state index in [1.165, 1.54) is 15.0 Å². The molecule has 164 valence electrons. The second-order valence-electron chi connectivity index (χ2n) is 8.85. The van der Waals surface area contributed by atoms with Crippen LogP contribution in [-0.2, 0) is 0 Å². The number of nitrogens with zero attached hydrogens (tertiary/aromatic N) is 4. The molecule has 6 nitrogen and oxygen atoms in total. The molecule has 2 heterocycles. The van der Waals surface area contributed by atoms with E-state index in [2.05, 4.69) is 43.8 Å². The Kier molecular flexibility index (Phi) is 6.43. The van der Waals surface area contributed by atoms with Crippen molar-refractivity contribution >= 4 is 33.5 Å². The van der Waals surface area contributed by atoms with Crippen molar-refractivity contribution in [2.45, 2.75) is 43.8 Å². The largest absolute Gasteiger partial charge is 0.353 e. The highest BCUT2D eigenvalue weighted by atomic mass is 32.1. The van der Waals surface area contributed by atoms with Crippen molar-refractivity contribution in [2.24, 2.45) is 0 Å². The molecule has 4 rings (SSSR count). The second kappa shape index (κ2) is 9.06. The standard InChI is InChI=1S/C22H32FN5OS/c1-26(2)21(29)24-17-7-9-22(23,10-8-17)11-12-27-13-15-28(16-14-27)20-18-5-3-4-6-19(18)30-25-20/h3-6,17H,7-16H2,1-2H3,(H,24,29). The van der Waals surface area contributed by atoms with E-state index in [-0.39, 0.29) is 12.1 Å². The van der Waals surface area contributed by atoms with Gasteiger partial charge in [0.25, 0.3) is 0 Å². The monoisotopic (exact) mass is 433 g/mol. The Balaban J connectivity index is 1.22. The number of nitrogens with one attached hydrogen (secondary N) is 1. The molecule has 1 aromatic heterocycles. The number of benzene rings is 1. The lowest BCUT2D eigenvalue weighted by Gasteiger charge is -2.38. The molecule has 0 radical (unpaired) electrons. The third kappa shape index (κ3) is 4.86. The number of urea groups is 1. The van der Waals surface area contributed by atoms with E-state index < -0.39 is 5.67 Å². The van der Waals surface area contributed by atoms with Crippen LogP contribution in [0.25, 0.3) is 10.1 Å². The average molecular weight is 434 g/mol. The van der Waals surface area contributed by atoms with Crippen LogP contribution in [0.2, 0.25) is 0 Å². The number of rotatable bonds is 5. The molecule has 2 aliphatic rings. The molecule has 1 aliphatic heterocycles. The Morgan fingerprint density at radius 3 is 2.63 bits per heavy atom. The van der Waals surface area contributed by atoms with Crippen molar-refractivity contribution in [2.75, 3.05) is 51.7 Å². The molecule has 30 heavy (non-hydrogen) atoms.